The van der Waals surface area contributed by atoms with Crippen molar-refractivity contribution >= 4 is 27.3 Å². The molecular weight excluding hydrogens is 352 g/mol. The highest BCUT2D eigenvalue weighted by Gasteiger charge is 2.16. The average molecular weight is 373 g/mol. The molecule has 0 aliphatic carbocycles. The topological polar surface area (TPSA) is 40.5 Å². The van der Waals surface area contributed by atoms with Crippen LogP contribution in [0.4, 0.5) is 5.69 Å². The van der Waals surface area contributed by atoms with E-state index in [1.807, 2.05) is 44.6 Å². The lowest BCUT2D eigenvalue weighted by atomic mass is 10.0. The molecule has 1 N–H and O–H groups in total. The number of pyridine rings is 1. The van der Waals surface area contributed by atoms with Gasteiger partial charge in [-0.25, -0.2) is 0 Å². The van der Waals surface area contributed by atoms with Crippen molar-refractivity contribution in [2.24, 2.45) is 4.99 Å². The number of allylic oxidation sites excluding steroid dienone is 1. The van der Waals surface area contributed by atoms with E-state index in [-0.39, 0.29) is 0 Å². The summed E-state index contributed by atoms with van der Waals surface area (Å²) in [4.78, 5) is 11.1. The van der Waals surface area contributed by atoms with E-state index in [4.69, 9.17) is 0 Å². The van der Waals surface area contributed by atoms with Crippen LogP contribution in [0.25, 0.3) is 0 Å². The van der Waals surface area contributed by atoms with Gasteiger partial charge in [0.15, 0.2) is 0 Å². The molecule has 0 saturated carbocycles. The smallest absolute Gasteiger partial charge is 0.0920 e. The van der Waals surface area contributed by atoms with Gasteiger partial charge in [0.05, 0.1) is 17.1 Å². The lowest BCUT2D eigenvalue weighted by molar-refractivity contribution is 1.01. The van der Waals surface area contributed by atoms with Gasteiger partial charge >= 0.3 is 0 Å². The molecule has 4 nitrogen and oxygen atoms in total. The molecule has 120 valence electrons. The van der Waals surface area contributed by atoms with Crippen molar-refractivity contribution in [3.63, 3.8) is 0 Å². The predicted octanol–water partition coefficient (Wildman–Crippen LogP) is 3.83. The van der Waals surface area contributed by atoms with Crippen molar-refractivity contribution in [2.75, 3.05) is 26.0 Å². The third kappa shape index (κ3) is 3.99. The van der Waals surface area contributed by atoms with Crippen LogP contribution >= 0.6 is 15.9 Å². The molecule has 0 bridgehead atoms. The van der Waals surface area contributed by atoms with Gasteiger partial charge < -0.3 is 10.2 Å². The van der Waals surface area contributed by atoms with Gasteiger partial charge in [-0.05, 0) is 37.3 Å². The van der Waals surface area contributed by atoms with Gasteiger partial charge in [-0.3, -0.25) is 9.98 Å². The Kier molecular flexibility index (Phi) is 5.93. The monoisotopic (exact) mass is 372 g/mol. The maximum Gasteiger partial charge on any atom is 0.0920 e. The van der Waals surface area contributed by atoms with Crippen molar-refractivity contribution in [2.45, 2.75) is 6.92 Å². The SMILES string of the molecule is CN=C(c1ccccn1)c1cc(Br)ccc1N(C)/C(C)=C\NC. The van der Waals surface area contributed by atoms with Gasteiger partial charge in [0, 0.05) is 49.3 Å². The summed E-state index contributed by atoms with van der Waals surface area (Å²) < 4.78 is 1.01. The number of aliphatic imine (C=N–C) groups is 1. The van der Waals surface area contributed by atoms with Gasteiger partial charge in [-0.15, -0.1) is 0 Å². The van der Waals surface area contributed by atoms with Crippen molar-refractivity contribution in [3.05, 3.63) is 70.2 Å². The molecule has 0 aliphatic rings. The fourth-order valence-corrected chi connectivity index (χ4v) is 2.72. The Bertz CT molecular complexity index is 723. The zero-order valence-corrected chi connectivity index (χ0v) is 15.4. The summed E-state index contributed by atoms with van der Waals surface area (Å²) in [6.45, 7) is 2.06. The Labute approximate surface area is 146 Å². The number of anilines is 1. The number of halogens is 1. The highest BCUT2D eigenvalue weighted by Crippen LogP contribution is 2.28. The van der Waals surface area contributed by atoms with Crippen LogP contribution in [0, 0.1) is 0 Å². The first kappa shape index (κ1) is 17.2. The molecule has 2 rings (SSSR count). The lowest BCUT2D eigenvalue weighted by Gasteiger charge is -2.24. The Morgan fingerprint density at radius 3 is 2.70 bits per heavy atom. The molecular formula is C18H21BrN4. The molecule has 0 saturated heterocycles. The summed E-state index contributed by atoms with van der Waals surface area (Å²) in [7, 11) is 5.74. The van der Waals surface area contributed by atoms with Crippen LogP contribution in [-0.2, 0) is 0 Å². The molecule has 0 fully saturated rings. The first-order chi connectivity index (χ1) is 11.1. The van der Waals surface area contributed by atoms with E-state index in [1.165, 1.54) is 0 Å². The largest absolute Gasteiger partial charge is 0.393 e. The molecule has 0 radical (unpaired) electrons. The van der Waals surface area contributed by atoms with E-state index >= 15 is 0 Å². The molecule has 0 unspecified atom stereocenters. The van der Waals surface area contributed by atoms with E-state index in [0.717, 1.165) is 32.8 Å². The number of benzene rings is 1. The lowest BCUT2D eigenvalue weighted by Crippen LogP contribution is -2.20. The summed E-state index contributed by atoms with van der Waals surface area (Å²) in [5, 5.41) is 3.07. The maximum atomic E-state index is 4.49. The highest BCUT2D eigenvalue weighted by molar-refractivity contribution is 9.10. The summed E-state index contributed by atoms with van der Waals surface area (Å²) in [6, 6.07) is 12.1. The van der Waals surface area contributed by atoms with Gasteiger partial charge in [0.2, 0.25) is 0 Å². The molecule has 0 amide bonds. The molecule has 2 aromatic rings. The van der Waals surface area contributed by atoms with Crippen molar-refractivity contribution in [1.29, 1.82) is 0 Å². The van der Waals surface area contributed by atoms with Gasteiger partial charge in [0.25, 0.3) is 0 Å². The van der Waals surface area contributed by atoms with E-state index in [0.29, 0.717) is 0 Å². The molecule has 23 heavy (non-hydrogen) atoms. The second-order valence-corrected chi connectivity index (χ2v) is 6.00. The summed E-state index contributed by atoms with van der Waals surface area (Å²) in [5.74, 6) is 0. The Balaban J connectivity index is 2.57. The van der Waals surface area contributed by atoms with Crippen LogP contribution in [0.3, 0.4) is 0 Å². The van der Waals surface area contributed by atoms with E-state index in [1.54, 1.807) is 13.2 Å². The Morgan fingerprint density at radius 1 is 1.30 bits per heavy atom. The molecule has 1 aromatic carbocycles. The second-order valence-electron chi connectivity index (χ2n) is 5.08. The first-order valence-corrected chi connectivity index (χ1v) is 8.13. The predicted molar refractivity (Wildman–Crippen MR) is 101 cm³/mol. The fourth-order valence-electron chi connectivity index (χ4n) is 2.36. The van der Waals surface area contributed by atoms with Crippen molar-refractivity contribution < 1.29 is 0 Å². The average Bonchev–Trinajstić information content (AvgIpc) is 2.56. The fraction of sp³-hybridized carbons (Fsp3) is 0.222. The van der Waals surface area contributed by atoms with Crippen LogP contribution in [0.15, 0.2) is 64.0 Å². The number of hydrogen-bond acceptors (Lipinski definition) is 4. The zero-order valence-electron chi connectivity index (χ0n) is 13.8. The number of hydrogen-bond donors (Lipinski definition) is 1. The third-order valence-electron chi connectivity index (χ3n) is 3.59. The van der Waals surface area contributed by atoms with Crippen molar-refractivity contribution in [1.82, 2.24) is 10.3 Å². The van der Waals surface area contributed by atoms with Crippen LogP contribution < -0.4 is 10.2 Å². The molecule has 0 atom stereocenters. The molecule has 0 aliphatic heterocycles. The van der Waals surface area contributed by atoms with E-state index in [2.05, 4.69) is 55.2 Å². The first-order valence-electron chi connectivity index (χ1n) is 7.34. The standard InChI is InChI=1S/C18H21BrN4/c1-13(12-20-2)23(4)17-9-8-14(19)11-15(17)18(21-3)16-7-5-6-10-22-16/h5-12,20H,1-4H3/b13-12-,21-18?. The molecule has 1 heterocycles. The van der Waals surface area contributed by atoms with Gasteiger partial charge in [0.1, 0.15) is 0 Å². The number of rotatable bonds is 5. The summed E-state index contributed by atoms with van der Waals surface area (Å²) >= 11 is 3.56. The quantitative estimate of drug-likeness (QED) is 0.810. The van der Waals surface area contributed by atoms with Crippen LogP contribution in [0.1, 0.15) is 18.2 Å². The normalized spacial score (nSPS) is 12.2. The minimum atomic E-state index is 0.859. The summed E-state index contributed by atoms with van der Waals surface area (Å²) in [6.07, 6.45) is 3.75. The molecule has 5 heteroatoms. The third-order valence-corrected chi connectivity index (χ3v) is 4.08. The zero-order chi connectivity index (χ0) is 16.8. The summed E-state index contributed by atoms with van der Waals surface area (Å²) in [5.41, 5.74) is 4.94. The Morgan fingerprint density at radius 2 is 2.09 bits per heavy atom. The van der Waals surface area contributed by atoms with Gasteiger partial charge in [-0.1, -0.05) is 22.0 Å². The second kappa shape index (κ2) is 7.92. The van der Waals surface area contributed by atoms with Crippen LogP contribution in [0.2, 0.25) is 0 Å². The minimum Gasteiger partial charge on any atom is -0.393 e. The van der Waals surface area contributed by atoms with E-state index < -0.39 is 0 Å². The number of aromatic nitrogens is 1. The highest BCUT2D eigenvalue weighted by atomic mass is 79.9. The van der Waals surface area contributed by atoms with Crippen LogP contribution in [-0.4, -0.2) is 31.8 Å². The molecule has 1 aromatic heterocycles. The maximum absolute atomic E-state index is 4.49. The number of nitrogens with zero attached hydrogens (tertiary/aromatic N) is 3. The van der Waals surface area contributed by atoms with Gasteiger partial charge in [-0.2, -0.15) is 0 Å². The van der Waals surface area contributed by atoms with E-state index in [9.17, 15) is 0 Å². The minimum absolute atomic E-state index is 0.859. The number of nitrogens with one attached hydrogen (secondary N) is 1. The van der Waals surface area contributed by atoms with Crippen molar-refractivity contribution in [3.8, 4) is 0 Å². The van der Waals surface area contributed by atoms with Crippen LogP contribution in [0.5, 0.6) is 0 Å². The molecule has 0 spiro atoms. The Hall–Kier alpha value is -2.14.